The maximum atomic E-state index is 13.9. The van der Waals surface area contributed by atoms with Gasteiger partial charge in [-0.1, -0.05) is 105 Å². The summed E-state index contributed by atoms with van der Waals surface area (Å²) in [5, 5.41) is 3.09. The molecule has 0 aliphatic carbocycles. The molecule has 0 saturated carbocycles. The lowest BCUT2D eigenvalue weighted by molar-refractivity contribution is -0.141. The molecule has 0 spiro atoms. The third kappa shape index (κ3) is 6.80. The second kappa shape index (κ2) is 12.7. The Kier molecular flexibility index (Phi) is 9.45. The Labute approximate surface area is 204 Å². The van der Waals surface area contributed by atoms with Crippen LogP contribution in [0.1, 0.15) is 62.6 Å². The van der Waals surface area contributed by atoms with Gasteiger partial charge >= 0.3 is 0 Å². The van der Waals surface area contributed by atoms with Crippen LogP contribution < -0.4 is 5.32 Å². The molecule has 0 aromatic heterocycles. The lowest BCUT2D eigenvalue weighted by atomic mass is 9.88. The van der Waals surface area contributed by atoms with E-state index in [2.05, 4.69) is 29.6 Å². The van der Waals surface area contributed by atoms with E-state index >= 15 is 0 Å². The summed E-state index contributed by atoms with van der Waals surface area (Å²) in [5.41, 5.74) is 3.21. The molecule has 2 amide bonds. The fourth-order valence-corrected chi connectivity index (χ4v) is 4.23. The Balaban J connectivity index is 1.93. The normalized spacial score (nSPS) is 12.7. The Morgan fingerprint density at radius 1 is 0.765 bits per heavy atom. The highest BCUT2D eigenvalue weighted by Gasteiger charge is 2.31. The van der Waals surface area contributed by atoms with Gasteiger partial charge in [-0.25, -0.2) is 0 Å². The monoisotopic (exact) mass is 456 g/mol. The summed E-state index contributed by atoms with van der Waals surface area (Å²) in [6.07, 6.45) is 1.70. The van der Waals surface area contributed by atoms with E-state index in [-0.39, 0.29) is 23.8 Å². The fourth-order valence-electron chi connectivity index (χ4n) is 4.23. The Morgan fingerprint density at radius 2 is 1.26 bits per heavy atom. The molecular formula is C30H36N2O2. The highest BCUT2D eigenvalue weighted by molar-refractivity contribution is 5.88. The van der Waals surface area contributed by atoms with Gasteiger partial charge in [0, 0.05) is 24.9 Å². The van der Waals surface area contributed by atoms with E-state index < -0.39 is 6.04 Å². The van der Waals surface area contributed by atoms with Crippen LogP contribution in [0.25, 0.3) is 0 Å². The van der Waals surface area contributed by atoms with Crippen molar-refractivity contribution in [2.75, 3.05) is 0 Å². The van der Waals surface area contributed by atoms with Crippen LogP contribution in [0, 0.1) is 0 Å². The molecule has 4 heteroatoms. The molecule has 3 aromatic rings. The zero-order valence-corrected chi connectivity index (χ0v) is 20.5. The number of nitrogens with zero attached hydrogens (tertiary/aromatic N) is 1. The number of carbonyl (C=O) groups is 2. The van der Waals surface area contributed by atoms with Crippen LogP contribution in [0.2, 0.25) is 0 Å². The molecule has 4 nitrogen and oxygen atoms in total. The topological polar surface area (TPSA) is 49.4 Å². The van der Waals surface area contributed by atoms with Crippen LogP contribution in [-0.2, 0) is 16.1 Å². The van der Waals surface area contributed by atoms with Gasteiger partial charge in [0.25, 0.3) is 0 Å². The number of benzene rings is 3. The molecule has 0 saturated heterocycles. The van der Waals surface area contributed by atoms with Crippen molar-refractivity contribution in [2.24, 2.45) is 0 Å². The van der Waals surface area contributed by atoms with E-state index in [1.54, 1.807) is 4.90 Å². The number of hydrogen-bond donors (Lipinski definition) is 1. The van der Waals surface area contributed by atoms with Crippen molar-refractivity contribution in [1.29, 1.82) is 0 Å². The van der Waals surface area contributed by atoms with Crippen molar-refractivity contribution >= 4 is 11.8 Å². The average Bonchev–Trinajstić information content (AvgIpc) is 2.88. The first-order chi connectivity index (χ1) is 16.5. The molecule has 3 aromatic carbocycles. The van der Waals surface area contributed by atoms with Gasteiger partial charge < -0.3 is 10.2 Å². The zero-order chi connectivity index (χ0) is 24.3. The summed E-state index contributed by atoms with van der Waals surface area (Å²) < 4.78 is 0. The molecule has 0 aliphatic rings. The maximum Gasteiger partial charge on any atom is 0.243 e. The van der Waals surface area contributed by atoms with E-state index in [1.807, 2.05) is 87.5 Å². The zero-order valence-electron chi connectivity index (χ0n) is 20.5. The Morgan fingerprint density at radius 3 is 1.74 bits per heavy atom. The SMILES string of the molecule is CC[C@@H](C)NC(=O)[C@@H](CC)N(Cc1ccccc1)C(=O)CC(c1ccccc1)c1ccccc1. The van der Waals surface area contributed by atoms with E-state index in [1.165, 1.54) is 0 Å². The molecule has 0 fully saturated rings. The van der Waals surface area contributed by atoms with Crippen molar-refractivity contribution in [3.8, 4) is 0 Å². The predicted octanol–water partition coefficient (Wildman–Crippen LogP) is 5.93. The van der Waals surface area contributed by atoms with Gasteiger partial charge in [0.05, 0.1) is 0 Å². The fraction of sp³-hybridized carbons (Fsp3) is 0.333. The van der Waals surface area contributed by atoms with Crippen LogP contribution in [-0.4, -0.2) is 28.8 Å². The molecule has 0 heterocycles. The molecular weight excluding hydrogens is 420 g/mol. The molecule has 3 rings (SSSR count). The van der Waals surface area contributed by atoms with Crippen molar-refractivity contribution < 1.29 is 9.59 Å². The van der Waals surface area contributed by atoms with Gasteiger partial charge in [-0.2, -0.15) is 0 Å². The van der Waals surface area contributed by atoms with Gasteiger partial charge in [-0.3, -0.25) is 9.59 Å². The second-order valence-electron chi connectivity index (χ2n) is 8.83. The molecule has 34 heavy (non-hydrogen) atoms. The van der Waals surface area contributed by atoms with Crippen LogP contribution in [0.5, 0.6) is 0 Å². The van der Waals surface area contributed by atoms with Crippen LogP contribution in [0.15, 0.2) is 91.0 Å². The van der Waals surface area contributed by atoms with Crippen LogP contribution >= 0.6 is 0 Å². The summed E-state index contributed by atoms with van der Waals surface area (Å²) in [6, 6.07) is 29.7. The average molecular weight is 457 g/mol. The highest BCUT2D eigenvalue weighted by atomic mass is 16.2. The number of amides is 2. The van der Waals surface area contributed by atoms with Gasteiger partial charge in [-0.15, -0.1) is 0 Å². The lowest BCUT2D eigenvalue weighted by Gasteiger charge is -2.33. The Bertz CT molecular complexity index is 982. The molecule has 1 N–H and O–H groups in total. The van der Waals surface area contributed by atoms with E-state index in [9.17, 15) is 9.59 Å². The standard InChI is InChI=1S/C30H36N2O2/c1-4-23(3)31-30(34)28(5-2)32(22-24-15-9-6-10-16-24)29(33)21-27(25-17-11-7-12-18-25)26-19-13-8-14-20-26/h6-20,23,27-28H,4-5,21-22H2,1-3H3,(H,31,34)/t23-,28-/m1/s1. The second-order valence-corrected chi connectivity index (χ2v) is 8.83. The summed E-state index contributed by atoms with van der Waals surface area (Å²) >= 11 is 0. The predicted molar refractivity (Wildman–Crippen MR) is 138 cm³/mol. The summed E-state index contributed by atoms with van der Waals surface area (Å²) in [5.74, 6) is -0.187. The maximum absolute atomic E-state index is 13.9. The van der Waals surface area contributed by atoms with Crippen LogP contribution in [0.4, 0.5) is 0 Å². The van der Waals surface area contributed by atoms with Crippen LogP contribution in [0.3, 0.4) is 0 Å². The summed E-state index contributed by atoms with van der Waals surface area (Å²) in [7, 11) is 0. The summed E-state index contributed by atoms with van der Waals surface area (Å²) in [4.78, 5) is 28.9. The van der Waals surface area contributed by atoms with Gasteiger partial charge in [-0.05, 0) is 36.5 Å². The summed E-state index contributed by atoms with van der Waals surface area (Å²) in [6.45, 7) is 6.42. The van der Waals surface area contributed by atoms with Gasteiger partial charge in [0.1, 0.15) is 6.04 Å². The van der Waals surface area contributed by atoms with E-state index in [4.69, 9.17) is 0 Å². The van der Waals surface area contributed by atoms with Crippen molar-refractivity contribution in [1.82, 2.24) is 10.2 Å². The van der Waals surface area contributed by atoms with Crippen molar-refractivity contribution in [3.63, 3.8) is 0 Å². The van der Waals surface area contributed by atoms with Crippen molar-refractivity contribution in [2.45, 2.75) is 64.6 Å². The van der Waals surface area contributed by atoms with E-state index in [0.717, 1.165) is 23.1 Å². The van der Waals surface area contributed by atoms with Gasteiger partial charge in [0.15, 0.2) is 0 Å². The first kappa shape index (κ1) is 25.2. The highest BCUT2D eigenvalue weighted by Crippen LogP contribution is 2.29. The van der Waals surface area contributed by atoms with E-state index in [0.29, 0.717) is 19.4 Å². The molecule has 0 aliphatic heterocycles. The number of nitrogens with one attached hydrogen (secondary N) is 1. The molecule has 178 valence electrons. The third-order valence-electron chi connectivity index (χ3n) is 6.37. The minimum absolute atomic E-state index is 0.0206. The number of rotatable bonds is 11. The first-order valence-corrected chi connectivity index (χ1v) is 12.3. The number of carbonyl (C=O) groups excluding carboxylic acids is 2. The lowest BCUT2D eigenvalue weighted by Crippen LogP contribution is -2.51. The first-order valence-electron chi connectivity index (χ1n) is 12.3. The molecule has 0 radical (unpaired) electrons. The minimum Gasteiger partial charge on any atom is -0.352 e. The molecule has 2 atom stereocenters. The quantitative estimate of drug-likeness (QED) is 0.389. The number of hydrogen-bond acceptors (Lipinski definition) is 2. The third-order valence-corrected chi connectivity index (χ3v) is 6.37. The molecule has 0 unspecified atom stereocenters. The Hall–Kier alpha value is -3.40. The smallest absolute Gasteiger partial charge is 0.243 e. The van der Waals surface area contributed by atoms with Gasteiger partial charge in [0.2, 0.25) is 11.8 Å². The largest absolute Gasteiger partial charge is 0.352 e. The molecule has 0 bridgehead atoms. The minimum atomic E-state index is -0.520. The van der Waals surface area contributed by atoms with Crippen molar-refractivity contribution in [3.05, 3.63) is 108 Å².